The molecule has 0 saturated heterocycles. The lowest BCUT2D eigenvalue weighted by atomic mass is 10.2. The quantitative estimate of drug-likeness (QED) is 0.611. The highest BCUT2D eigenvalue weighted by atomic mass is 35.5. The van der Waals surface area contributed by atoms with Gasteiger partial charge in [0.05, 0.1) is 5.56 Å². The summed E-state index contributed by atoms with van der Waals surface area (Å²) in [7, 11) is 0. The molecule has 10 heavy (non-hydrogen) atoms. The molecular weight excluding hydrogens is 148 g/mol. The highest BCUT2D eigenvalue weighted by Crippen LogP contribution is 2.20. The summed E-state index contributed by atoms with van der Waals surface area (Å²) in [5.41, 5.74) is 2.45. The number of nitriles is 1. The van der Waals surface area contributed by atoms with Gasteiger partial charge in [0.1, 0.15) is 11.2 Å². The van der Waals surface area contributed by atoms with Gasteiger partial charge in [0.25, 0.3) is 0 Å². The second-order valence-corrected chi connectivity index (χ2v) is 2.55. The Morgan fingerprint density at radius 1 is 1.50 bits per heavy atom. The standard InChI is InChI=1S/C7H7ClN2/c1-4-5(2)10-7(8)6(4)3-9/h10H,1-2H3. The Balaban J connectivity index is 3.37. The van der Waals surface area contributed by atoms with E-state index >= 15 is 0 Å². The number of aromatic amines is 1. The van der Waals surface area contributed by atoms with Crippen LogP contribution in [0.25, 0.3) is 0 Å². The van der Waals surface area contributed by atoms with Crippen LogP contribution in [0.5, 0.6) is 0 Å². The van der Waals surface area contributed by atoms with Crippen molar-refractivity contribution in [3.63, 3.8) is 0 Å². The first-order chi connectivity index (χ1) is 4.66. The van der Waals surface area contributed by atoms with Crippen molar-refractivity contribution in [2.45, 2.75) is 13.8 Å². The van der Waals surface area contributed by atoms with Gasteiger partial charge in [-0.2, -0.15) is 5.26 Å². The molecule has 0 saturated carbocycles. The van der Waals surface area contributed by atoms with Crippen molar-refractivity contribution in [2.75, 3.05) is 0 Å². The molecule has 2 nitrogen and oxygen atoms in total. The molecular formula is C7H7ClN2. The summed E-state index contributed by atoms with van der Waals surface area (Å²) in [5.74, 6) is 0. The number of nitrogens with one attached hydrogen (secondary N) is 1. The van der Waals surface area contributed by atoms with E-state index in [1.54, 1.807) is 0 Å². The fourth-order valence-electron chi connectivity index (χ4n) is 0.806. The Hall–Kier alpha value is -0.940. The number of H-pyrrole nitrogens is 1. The zero-order valence-corrected chi connectivity index (χ0v) is 6.58. The molecule has 0 aliphatic heterocycles. The molecule has 0 amide bonds. The van der Waals surface area contributed by atoms with Gasteiger partial charge in [-0.05, 0) is 19.4 Å². The maximum atomic E-state index is 8.56. The summed E-state index contributed by atoms with van der Waals surface area (Å²) in [6.07, 6.45) is 0. The Kier molecular flexibility index (Phi) is 1.69. The third-order valence-electron chi connectivity index (χ3n) is 1.57. The average molecular weight is 155 g/mol. The predicted molar refractivity (Wildman–Crippen MR) is 40.0 cm³/mol. The molecule has 1 aromatic heterocycles. The summed E-state index contributed by atoms with van der Waals surface area (Å²) in [5, 5.41) is 9.00. The van der Waals surface area contributed by atoms with Crippen LogP contribution < -0.4 is 0 Å². The summed E-state index contributed by atoms with van der Waals surface area (Å²) in [6, 6.07) is 2.02. The first-order valence-corrected chi connectivity index (χ1v) is 3.29. The predicted octanol–water partition coefficient (Wildman–Crippen LogP) is 2.16. The smallest absolute Gasteiger partial charge is 0.124 e. The minimum absolute atomic E-state index is 0.442. The lowest BCUT2D eigenvalue weighted by Crippen LogP contribution is -1.74. The Morgan fingerprint density at radius 2 is 2.10 bits per heavy atom. The van der Waals surface area contributed by atoms with Crippen molar-refractivity contribution >= 4 is 11.6 Å². The van der Waals surface area contributed by atoms with Crippen LogP contribution in [0.2, 0.25) is 5.15 Å². The van der Waals surface area contributed by atoms with E-state index in [0.717, 1.165) is 11.3 Å². The topological polar surface area (TPSA) is 39.6 Å². The lowest BCUT2D eigenvalue weighted by Gasteiger charge is -1.84. The molecule has 0 spiro atoms. The zero-order valence-electron chi connectivity index (χ0n) is 5.83. The van der Waals surface area contributed by atoms with Gasteiger partial charge in [-0.1, -0.05) is 11.6 Å². The monoisotopic (exact) mass is 154 g/mol. The van der Waals surface area contributed by atoms with E-state index < -0.39 is 0 Å². The summed E-state index contributed by atoms with van der Waals surface area (Å²) < 4.78 is 0. The van der Waals surface area contributed by atoms with E-state index in [2.05, 4.69) is 4.98 Å². The van der Waals surface area contributed by atoms with Crippen molar-refractivity contribution in [1.29, 1.82) is 5.26 Å². The third kappa shape index (κ3) is 0.891. The third-order valence-corrected chi connectivity index (χ3v) is 1.85. The van der Waals surface area contributed by atoms with Gasteiger partial charge >= 0.3 is 0 Å². The van der Waals surface area contributed by atoms with Crippen molar-refractivity contribution in [3.8, 4) is 6.07 Å². The average Bonchev–Trinajstić information content (AvgIpc) is 2.09. The van der Waals surface area contributed by atoms with Gasteiger partial charge in [0, 0.05) is 5.69 Å². The van der Waals surface area contributed by atoms with Gasteiger partial charge in [-0.3, -0.25) is 0 Å². The fourth-order valence-corrected chi connectivity index (χ4v) is 1.13. The van der Waals surface area contributed by atoms with Gasteiger partial charge in [0.15, 0.2) is 0 Å². The summed E-state index contributed by atoms with van der Waals surface area (Å²) >= 11 is 5.67. The van der Waals surface area contributed by atoms with Crippen LogP contribution in [0.1, 0.15) is 16.8 Å². The number of nitrogens with zero attached hydrogens (tertiary/aromatic N) is 1. The maximum Gasteiger partial charge on any atom is 0.124 e. The highest BCUT2D eigenvalue weighted by Gasteiger charge is 2.07. The molecule has 52 valence electrons. The number of hydrogen-bond acceptors (Lipinski definition) is 1. The number of aryl methyl sites for hydroxylation is 1. The van der Waals surface area contributed by atoms with Gasteiger partial charge < -0.3 is 4.98 Å². The molecule has 3 heteroatoms. The zero-order chi connectivity index (χ0) is 7.72. The molecule has 1 N–H and O–H groups in total. The summed E-state index contributed by atoms with van der Waals surface area (Å²) in [6.45, 7) is 3.76. The molecule has 0 unspecified atom stereocenters. The van der Waals surface area contributed by atoms with Crippen LogP contribution in [-0.2, 0) is 0 Å². The van der Waals surface area contributed by atoms with Crippen LogP contribution >= 0.6 is 11.6 Å². The van der Waals surface area contributed by atoms with E-state index in [4.69, 9.17) is 16.9 Å². The van der Waals surface area contributed by atoms with E-state index in [-0.39, 0.29) is 0 Å². The number of halogens is 1. The molecule has 0 radical (unpaired) electrons. The van der Waals surface area contributed by atoms with Crippen molar-refractivity contribution in [3.05, 3.63) is 22.0 Å². The molecule has 0 aromatic carbocycles. The van der Waals surface area contributed by atoms with Crippen LogP contribution in [-0.4, -0.2) is 4.98 Å². The number of aromatic nitrogens is 1. The Morgan fingerprint density at radius 3 is 2.30 bits per heavy atom. The van der Waals surface area contributed by atoms with E-state index in [9.17, 15) is 0 Å². The van der Waals surface area contributed by atoms with E-state index in [1.807, 2.05) is 19.9 Å². The van der Waals surface area contributed by atoms with Crippen LogP contribution in [0, 0.1) is 25.2 Å². The van der Waals surface area contributed by atoms with Crippen molar-refractivity contribution < 1.29 is 0 Å². The van der Waals surface area contributed by atoms with Gasteiger partial charge in [0.2, 0.25) is 0 Å². The lowest BCUT2D eigenvalue weighted by molar-refractivity contribution is 1.23. The second kappa shape index (κ2) is 2.36. The maximum absolute atomic E-state index is 8.56. The number of hydrogen-bond donors (Lipinski definition) is 1. The first kappa shape index (κ1) is 7.17. The molecule has 1 rings (SSSR count). The first-order valence-electron chi connectivity index (χ1n) is 2.91. The van der Waals surface area contributed by atoms with Crippen molar-refractivity contribution in [1.82, 2.24) is 4.98 Å². The number of rotatable bonds is 0. The SMILES string of the molecule is Cc1[nH]c(Cl)c(C#N)c1C. The van der Waals surface area contributed by atoms with Crippen molar-refractivity contribution in [2.24, 2.45) is 0 Å². The van der Waals surface area contributed by atoms with Gasteiger partial charge in [-0.25, -0.2) is 0 Å². The Bertz CT molecular complexity index is 293. The normalized spacial score (nSPS) is 9.40. The molecule has 1 heterocycles. The Labute approximate surface area is 64.4 Å². The minimum Gasteiger partial charge on any atom is -0.348 e. The second-order valence-electron chi connectivity index (χ2n) is 2.18. The van der Waals surface area contributed by atoms with E-state index in [0.29, 0.717) is 10.7 Å². The highest BCUT2D eigenvalue weighted by molar-refractivity contribution is 6.30. The molecule has 1 aromatic rings. The molecule has 0 atom stereocenters. The largest absolute Gasteiger partial charge is 0.348 e. The van der Waals surface area contributed by atoms with Crippen LogP contribution in [0.4, 0.5) is 0 Å². The molecule has 0 aliphatic carbocycles. The van der Waals surface area contributed by atoms with Gasteiger partial charge in [-0.15, -0.1) is 0 Å². The molecule has 0 fully saturated rings. The van der Waals surface area contributed by atoms with E-state index in [1.165, 1.54) is 0 Å². The fraction of sp³-hybridized carbons (Fsp3) is 0.286. The molecule has 0 aliphatic rings. The van der Waals surface area contributed by atoms with Crippen LogP contribution in [0.15, 0.2) is 0 Å². The molecule has 0 bridgehead atoms. The van der Waals surface area contributed by atoms with Crippen LogP contribution in [0.3, 0.4) is 0 Å². The summed E-state index contributed by atoms with van der Waals surface area (Å²) in [4.78, 5) is 2.87. The minimum atomic E-state index is 0.442.